The summed E-state index contributed by atoms with van der Waals surface area (Å²) in [7, 11) is 0. The van der Waals surface area contributed by atoms with E-state index in [2.05, 4.69) is 15.3 Å². The summed E-state index contributed by atoms with van der Waals surface area (Å²) < 4.78 is 0. The van der Waals surface area contributed by atoms with Crippen molar-refractivity contribution in [2.75, 3.05) is 4.90 Å². The fourth-order valence-electron chi connectivity index (χ4n) is 3.32. The zero-order valence-corrected chi connectivity index (χ0v) is 15.6. The Balaban J connectivity index is 1.86. The number of hydrogen-bond acceptors (Lipinski definition) is 3. The molecular weight excluding hydrogens is 368 g/mol. The van der Waals surface area contributed by atoms with Crippen molar-refractivity contribution >= 4 is 34.6 Å². The highest BCUT2D eigenvalue weighted by molar-refractivity contribution is 7.80. The first kappa shape index (κ1) is 16.9. The Hall–Kier alpha value is -2.57. The fraction of sp³-hybridized carbons (Fsp3) is 0.158. The molecule has 3 N–H and O–H groups in total. The Morgan fingerprint density at radius 3 is 2.73 bits per heavy atom. The first-order valence-electron chi connectivity index (χ1n) is 8.19. The third-order valence-electron chi connectivity index (χ3n) is 4.47. The number of thiocarbonyl (C=S) groups is 1. The van der Waals surface area contributed by atoms with Crippen LogP contribution in [0.25, 0.3) is 0 Å². The van der Waals surface area contributed by atoms with Crippen molar-refractivity contribution in [1.29, 1.82) is 0 Å². The van der Waals surface area contributed by atoms with Crippen LogP contribution < -0.4 is 10.2 Å². The summed E-state index contributed by atoms with van der Waals surface area (Å²) in [5.74, 6) is 0.119. The van der Waals surface area contributed by atoms with Gasteiger partial charge in [-0.25, -0.2) is 0 Å². The molecule has 0 aliphatic carbocycles. The number of phenolic OH excluding ortho intramolecular Hbond substituents is 1. The molecule has 1 aliphatic heterocycles. The van der Waals surface area contributed by atoms with Crippen LogP contribution >= 0.6 is 23.8 Å². The zero-order valence-electron chi connectivity index (χ0n) is 14.0. The standard InChI is InChI=1S/C19H17ClN4OS/c1-11-5-7-14(22-11)18-17(13-4-2-3-9-21-13)23-19(26)24(18)15-10-12(20)6-8-16(15)25/h2-10,17-18,22,25H,1H3,(H,23,26)/t17-,18-/m1/s1. The smallest absolute Gasteiger partial charge is 0.174 e. The summed E-state index contributed by atoms with van der Waals surface area (Å²) in [6.45, 7) is 2.00. The summed E-state index contributed by atoms with van der Waals surface area (Å²) >= 11 is 11.8. The lowest BCUT2D eigenvalue weighted by Crippen LogP contribution is -2.29. The second kappa shape index (κ2) is 6.63. The highest BCUT2D eigenvalue weighted by Gasteiger charge is 2.42. The van der Waals surface area contributed by atoms with Gasteiger partial charge in [-0.15, -0.1) is 0 Å². The number of H-pyrrole nitrogens is 1. The van der Waals surface area contributed by atoms with Gasteiger partial charge in [-0.1, -0.05) is 17.7 Å². The minimum Gasteiger partial charge on any atom is -0.506 e. The summed E-state index contributed by atoms with van der Waals surface area (Å²) in [5, 5.41) is 14.8. The summed E-state index contributed by atoms with van der Waals surface area (Å²) in [4.78, 5) is 9.77. The third kappa shape index (κ3) is 2.91. The minimum absolute atomic E-state index is 0.119. The predicted octanol–water partition coefficient (Wildman–Crippen LogP) is 4.25. The van der Waals surface area contributed by atoms with Crippen molar-refractivity contribution in [2.24, 2.45) is 0 Å². The van der Waals surface area contributed by atoms with E-state index >= 15 is 0 Å². The number of aromatic hydroxyl groups is 1. The second-order valence-electron chi connectivity index (χ2n) is 6.23. The number of halogens is 1. The number of phenols is 1. The lowest BCUT2D eigenvalue weighted by atomic mass is 10.0. The molecule has 5 nitrogen and oxygen atoms in total. The third-order valence-corrected chi connectivity index (χ3v) is 5.02. The number of hydrogen-bond donors (Lipinski definition) is 3. The van der Waals surface area contributed by atoms with E-state index in [1.54, 1.807) is 24.4 Å². The molecule has 0 bridgehead atoms. The van der Waals surface area contributed by atoms with Crippen molar-refractivity contribution in [2.45, 2.75) is 19.0 Å². The van der Waals surface area contributed by atoms with Crippen molar-refractivity contribution < 1.29 is 5.11 Å². The van der Waals surface area contributed by atoms with Gasteiger partial charge in [0, 0.05) is 22.6 Å². The average Bonchev–Trinajstić information content (AvgIpc) is 3.21. The van der Waals surface area contributed by atoms with E-state index < -0.39 is 0 Å². The van der Waals surface area contributed by atoms with E-state index in [0.717, 1.165) is 17.1 Å². The van der Waals surface area contributed by atoms with Crippen LogP contribution in [0.1, 0.15) is 29.2 Å². The van der Waals surface area contributed by atoms with Crippen molar-refractivity contribution in [1.82, 2.24) is 15.3 Å². The number of anilines is 1. The molecule has 7 heteroatoms. The number of benzene rings is 1. The van der Waals surface area contributed by atoms with E-state index in [9.17, 15) is 5.11 Å². The van der Waals surface area contributed by atoms with Gasteiger partial charge in [-0.2, -0.15) is 0 Å². The lowest BCUT2D eigenvalue weighted by molar-refractivity contribution is 0.472. The molecule has 26 heavy (non-hydrogen) atoms. The van der Waals surface area contributed by atoms with Gasteiger partial charge in [0.1, 0.15) is 11.8 Å². The van der Waals surface area contributed by atoms with Gasteiger partial charge >= 0.3 is 0 Å². The molecule has 1 saturated heterocycles. The van der Waals surface area contributed by atoms with Crippen molar-refractivity contribution in [3.05, 3.63) is 76.8 Å². The van der Waals surface area contributed by atoms with Crippen LogP contribution in [0.3, 0.4) is 0 Å². The number of aryl methyl sites for hydroxylation is 1. The maximum absolute atomic E-state index is 10.4. The van der Waals surface area contributed by atoms with Crippen LogP contribution in [0.2, 0.25) is 5.02 Å². The first-order valence-corrected chi connectivity index (χ1v) is 8.98. The molecule has 0 unspecified atom stereocenters. The van der Waals surface area contributed by atoms with Crippen molar-refractivity contribution in [3.63, 3.8) is 0 Å². The maximum Gasteiger partial charge on any atom is 0.174 e. The Kier molecular flexibility index (Phi) is 4.30. The first-order chi connectivity index (χ1) is 12.5. The number of nitrogens with zero attached hydrogens (tertiary/aromatic N) is 2. The molecule has 3 aromatic rings. The Bertz CT molecular complexity index is 959. The van der Waals surface area contributed by atoms with E-state index in [0.29, 0.717) is 15.8 Å². The molecule has 1 fully saturated rings. The van der Waals surface area contributed by atoms with Crippen LogP contribution in [-0.2, 0) is 0 Å². The normalized spacial score (nSPS) is 19.6. The number of rotatable bonds is 3. The average molecular weight is 385 g/mol. The molecule has 2 aromatic heterocycles. The summed E-state index contributed by atoms with van der Waals surface area (Å²) in [6.07, 6.45) is 1.76. The van der Waals surface area contributed by atoms with Gasteiger partial charge in [0.15, 0.2) is 5.11 Å². The van der Waals surface area contributed by atoms with E-state index in [1.807, 2.05) is 42.2 Å². The fourth-order valence-corrected chi connectivity index (χ4v) is 3.82. The van der Waals surface area contributed by atoms with Gasteiger partial charge in [0.2, 0.25) is 0 Å². The van der Waals surface area contributed by atoms with Gasteiger partial charge in [0.05, 0.1) is 17.4 Å². The summed E-state index contributed by atoms with van der Waals surface area (Å²) in [6, 6.07) is 14.4. The number of aromatic amines is 1. The Labute approximate surface area is 161 Å². The van der Waals surface area contributed by atoms with Gasteiger partial charge in [-0.3, -0.25) is 4.98 Å². The SMILES string of the molecule is Cc1ccc([C@@H]2[C@@H](c3ccccn3)NC(=S)N2c2cc(Cl)ccc2O)[nH]1. The lowest BCUT2D eigenvalue weighted by Gasteiger charge is -2.27. The molecule has 1 aromatic carbocycles. The minimum atomic E-state index is -0.199. The van der Waals surface area contributed by atoms with E-state index in [4.69, 9.17) is 23.8 Å². The van der Waals surface area contributed by atoms with E-state index in [-0.39, 0.29) is 17.8 Å². The molecule has 4 rings (SSSR count). The monoisotopic (exact) mass is 384 g/mol. The molecule has 0 amide bonds. The maximum atomic E-state index is 10.4. The van der Waals surface area contributed by atoms with E-state index in [1.165, 1.54) is 0 Å². The highest BCUT2D eigenvalue weighted by Crippen LogP contribution is 2.44. The number of pyridine rings is 1. The molecule has 1 aliphatic rings. The molecule has 3 heterocycles. The molecular formula is C19H17ClN4OS. The highest BCUT2D eigenvalue weighted by atomic mass is 35.5. The van der Waals surface area contributed by atoms with Crippen LogP contribution in [0.15, 0.2) is 54.7 Å². The van der Waals surface area contributed by atoms with Crippen LogP contribution in [-0.4, -0.2) is 20.2 Å². The second-order valence-corrected chi connectivity index (χ2v) is 7.05. The van der Waals surface area contributed by atoms with Crippen LogP contribution in [0.5, 0.6) is 5.75 Å². The quantitative estimate of drug-likeness (QED) is 0.589. The van der Waals surface area contributed by atoms with Crippen LogP contribution in [0.4, 0.5) is 5.69 Å². The van der Waals surface area contributed by atoms with Crippen molar-refractivity contribution in [3.8, 4) is 5.75 Å². The summed E-state index contributed by atoms with van der Waals surface area (Å²) in [5.41, 5.74) is 3.46. The predicted molar refractivity (Wildman–Crippen MR) is 107 cm³/mol. The van der Waals surface area contributed by atoms with Gasteiger partial charge in [0.25, 0.3) is 0 Å². The van der Waals surface area contributed by atoms with Gasteiger partial charge < -0.3 is 20.3 Å². The largest absolute Gasteiger partial charge is 0.506 e. The zero-order chi connectivity index (χ0) is 18.3. The number of nitrogens with one attached hydrogen (secondary N) is 2. The molecule has 132 valence electrons. The van der Waals surface area contributed by atoms with Crippen LogP contribution in [0, 0.1) is 6.92 Å². The Morgan fingerprint density at radius 1 is 1.19 bits per heavy atom. The molecule has 0 radical (unpaired) electrons. The molecule has 2 atom stereocenters. The molecule has 0 saturated carbocycles. The topological polar surface area (TPSA) is 64.2 Å². The molecule has 0 spiro atoms. The Morgan fingerprint density at radius 2 is 2.04 bits per heavy atom. The number of aromatic nitrogens is 2. The van der Waals surface area contributed by atoms with Gasteiger partial charge in [-0.05, 0) is 61.6 Å².